The Morgan fingerprint density at radius 1 is 0.560 bits per heavy atom. The quantitative estimate of drug-likeness (QED) is 0.364. The standard InChI is InChI=1S/2C9H14O3.Cu/c2*1-6(10)4-5-9(7(2)11)8(3)12;/h2*11H,4-5H2,1-3H3;/b2*9-7-;. The number of Topliss-reactive ketones (excluding diaryl/α,β-unsaturated/α-hetero) is 4. The molecule has 0 aliphatic heterocycles. The third kappa shape index (κ3) is 15.5. The van der Waals surface area contributed by atoms with E-state index in [2.05, 4.69) is 0 Å². The van der Waals surface area contributed by atoms with Gasteiger partial charge in [-0.25, -0.2) is 0 Å². The van der Waals surface area contributed by atoms with Crippen molar-refractivity contribution in [2.75, 3.05) is 0 Å². The van der Waals surface area contributed by atoms with Gasteiger partial charge in [-0.3, -0.25) is 9.59 Å². The van der Waals surface area contributed by atoms with Crippen LogP contribution >= 0.6 is 0 Å². The zero-order valence-electron chi connectivity index (χ0n) is 15.7. The van der Waals surface area contributed by atoms with Crippen LogP contribution in [0.3, 0.4) is 0 Å². The predicted octanol–water partition coefficient (Wildman–Crippen LogP) is 3.55. The molecule has 0 bridgehead atoms. The summed E-state index contributed by atoms with van der Waals surface area (Å²) in [5, 5.41) is 18.1. The Bertz CT molecular complexity index is 500. The van der Waals surface area contributed by atoms with E-state index in [-0.39, 0.29) is 51.7 Å². The maximum atomic E-state index is 10.9. The number of rotatable bonds is 8. The number of carbonyl (C=O) groups is 4. The summed E-state index contributed by atoms with van der Waals surface area (Å²) in [6, 6.07) is 0. The number of hydrogen-bond acceptors (Lipinski definition) is 6. The van der Waals surface area contributed by atoms with Gasteiger partial charge in [0.25, 0.3) is 0 Å². The largest absolute Gasteiger partial charge is 0.512 e. The molecule has 1 radical (unpaired) electrons. The first-order chi connectivity index (χ1) is 10.9. The summed E-state index contributed by atoms with van der Waals surface area (Å²) in [5.74, 6) is -0.259. The van der Waals surface area contributed by atoms with Gasteiger partial charge in [0.15, 0.2) is 11.6 Å². The monoisotopic (exact) mass is 403 g/mol. The van der Waals surface area contributed by atoms with Gasteiger partial charge >= 0.3 is 0 Å². The number of ketones is 4. The fraction of sp³-hybridized carbons (Fsp3) is 0.556. The summed E-state index contributed by atoms with van der Waals surface area (Å²) in [6.45, 7) is 8.60. The molecule has 0 rings (SSSR count). The summed E-state index contributed by atoms with van der Waals surface area (Å²) < 4.78 is 0. The van der Waals surface area contributed by atoms with Crippen LogP contribution in [0.4, 0.5) is 0 Å². The molecule has 147 valence electrons. The van der Waals surface area contributed by atoms with E-state index in [0.717, 1.165) is 0 Å². The maximum Gasteiger partial charge on any atom is 0.159 e. The van der Waals surface area contributed by atoms with Gasteiger partial charge in [-0.15, -0.1) is 0 Å². The van der Waals surface area contributed by atoms with Crippen molar-refractivity contribution in [2.24, 2.45) is 0 Å². The molecule has 0 heterocycles. The number of aliphatic hydroxyl groups excluding tert-OH is 2. The van der Waals surface area contributed by atoms with Crippen molar-refractivity contribution in [1.29, 1.82) is 0 Å². The second kappa shape index (κ2) is 14.6. The fourth-order valence-corrected chi connectivity index (χ4v) is 1.83. The van der Waals surface area contributed by atoms with E-state index in [1.807, 2.05) is 0 Å². The van der Waals surface area contributed by atoms with Crippen LogP contribution in [0, 0.1) is 0 Å². The molecule has 0 aromatic carbocycles. The van der Waals surface area contributed by atoms with Crippen molar-refractivity contribution in [3.63, 3.8) is 0 Å². The second-order valence-corrected chi connectivity index (χ2v) is 5.64. The third-order valence-electron chi connectivity index (χ3n) is 3.18. The Kier molecular flexibility index (Phi) is 16.4. The van der Waals surface area contributed by atoms with E-state index in [0.29, 0.717) is 36.8 Å². The molecule has 0 unspecified atom stereocenters. The van der Waals surface area contributed by atoms with Crippen molar-refractivity contribution in [3.05, 3.63) is 22.7 Å². The molecule has 0 fully saturated rings. The zero-order chi connectivity index (χ0) is 19.4. The molecule has 0 atom stereocenters. The minimum absolute atomic E-state index is 0. The van der Waals surface area contributed by atoms with E-state index < -0.39 is 0 Å². The Balaban J connectivity index is -0.000000372. The Morgan fingerprint density at radius 3 is 0.920 bits per heavy atom. The van der Waals surface area contributed by atoms with Crippen molar-refractivity contribution in [3.8, 4) is 0 Å². The van der Waals surface area contributed by atoms with Crippen molar-refractivity contribution in [1.82, 2.24) is 0 Å². The molecule has 6 nitrogen and oxygen atoms in total. The van der Waals surface area contributed by atoms with Crippen LogP contribution in [0.15, 0.2) is 22.7 Å². The molecule has 0 aliphatic carbocycles. The molecule has 25 heavy (non-hydrogen) atoms. The SMILES string of the molecule is CC(=O)CC/C(C(C)=O)=C(\C)O.CC(=O)CC/C(C(C)=O)=C(\C)O.[Cu]. The first-order valence-electron chi connectivity index (χ1n) is 7.68. The number of hydrogen-bond donors (Lipinski definition) is 2. The molecule has 7 heteroatoms. The minimum atomic E-state index is -0.170. The van der Waals surface area contributed by atoms with Gasteiger partial charge in [-0.05, 0) is 54.4 Å². The zero-order valence-corrected chi connectivity index (χ0v) is 16.6. The molecule has 0 spiro atoms. The smallest absolute Gasteiger partial charge is 0.159 e. The van der Waals surface area contributed by atoms with E-state index in [1.54, 1.807) is 0 Å². The Morgan fingerprint density at radius 2 is 0.800 bits per heavy atom. The van der Waals surface area contributed by atoms with Gasteiger partial charge in [-0.2, -0.15) is 0 Å². The Hall–Kier alpha value is -1.72. The van der Waals surface area contributed by atoms with Crippen LogP contribution in [0.2, 0.25) is 0 Å². The van der Waals surface area contributed by atoms with Crippen molar-refractivity contribution >= 4 is 23.1 Å². The van der Waals surface area contributed by atoms with Gasteiger partial charge in [0.2, 0.25) is 0 Å². The third-order valence-corrected chi connectivity index (χ3v) is 3.18. The van der Waals surface area contributed by atoms with Gasteiger partial charge in [0.1, 0.15) is 11.6 Å². The van der Waals surface area contributed by atoms with Crippen LogP contribution in [0.1, 0.15) is 67.2 Å². The number of allylic oxidation sites excluding steroid dienone is 4. The summed E-state index contributed by atoms with van der Waals surface area (Å²) >= 11 is 0. The van der Waals surface area contributed by atoms with E-state index in [1.165, 1.54) is 41.5 Å². The van der Waals surface area contributed by atoms with Crippen LogP contribution in [0.5, 0.6) is 0 Å². The molecule has 0 saturated carbocycles. The Labute approximate surface area is 159 Å². The van der Waals surface area contributed by atoms with Gasteiger partial charge in [0.05, 0.1) is 11.5 Å². The van der Waals surface area contributed by atoms with Crippen LogP contribution in [-0.4, -0.2) is 33.3 Å². The minimum Gasteiger partial charge on any atom is -0.512 e. The van der Waals surface area contributed by atoms with E-state index >= 15 is 0 Å². The summed E-state index contributed by atoms with van der Waals surface area (Å²) in [4.78, 5) is 42.9. The fourth-order valence-electron chi connectivity index (χ4n) is 1.83. The first-order valence-corrected chi connectivity index (χ1v) is 7.68. The van der Waals surface area contributed by atoms with Crippen LogP contribution in [-0.2, 0) is 36.2 Å². The second-order valence-electron chi connectivity index (χ2n) is 5.64. The first kappa shape index (κ1) is 28.1. The van der Waals surface area contributed by atoms with Gasteiger partial charge in [0, 0.05) is 41.1 Å². The summed E-state index contributed by atoms with van der Waals surface area (Å²) in [5.41, 5.74) is 0.704. The maximum absolute atomic E-state index is 10.9. The summed E-state index contributed by atoms with van der Waals surface area (Å²) in [6.07, 6.45) is 1.31. The molecular weight excluding hydrogens is 376 g/mol. The van der Waals surface area contributed by atoms with Gasteiger partial charge in [-0.1, -0.05) is 0 Å². The number of carbonyl (C=O) groups excluding carboxylic acids is 4. The molecule has 0 saturated heterocycles. The normalized spacial score (nSPS) is 11.8. The summed E-state index contributed by atoms with van der Waals surface area (Å²) in [7, 11) is 0. The van der Waals surface area contributed by atoms with Crippen molar-refractivity contribution in [2.45, 2.75) is 67.2 Å². The average Bonchev–Trinajstić information content (AvgIpc) is 2.37. The molecule has 0 aliphatic rings. The van der Waals surface area contributed by atoms with Crippen LogP contribution < -0.4 is 0 Å². The molecule has 0 aromatic heterocycles. The van der Waals surface area contributed by atoms with Gasteiger partial charge < -0.3 is 19.8 Å². The van der Waals surface area contributed by atoms with Crippen molar-refractivity contribution < 1.29 is 46.5 Å². The topological polar surface area (TPSA) is 109 Å². The predicted molar refractivity (Wildman–Crippen MR) is 91.8 cm³/mol. The van der Waals surface area contributed by atoms with E-state index in [4.69, 9.17) is 10.2 Å². The molecule has 0 aromatic rings. The number of aliphatic hydroxyl groups is 2. The molecular formula is C18H28CuO6. The molecule has 0 amide bonds. The van der Waals surface area contributed by atoms with Crippen LogP contribution in [0.25, 0.3) is 0 Å². The average molecular weight is 404 g/mol. The molecule has 2 N–H and O–H groups in total. The van der Waals surface area contributed by atoms with E-state index in [9.17, 15) is 19.2 Å².